The molecule has 0 aromatic heterocycles. The maximum atomic E-state index is 11.4. The molecule has 0 radical (unpaired) electrons. The SMILES string of the molecule is CCCC(=O)O[Si](CC(=O)O)(CC(=O)O)CC(=O)O. The Morgan fingerprint density at radius 3 is 1.53 bits per heavy atom. The van der Waals surface area contributed by atoms with E-state index in [0.717, 1.165) is 0 Å². The molecular weight excluding hydrogens is 276 g/mol. The third-order valence-electron chi connectivity index (χ3n) is 2.20. The number of carbonyl (C=O) groups excluding carboxylic acids is 1. The van der Waals surface area contributed by atoms with E-state index < -0.39 is 50.3 Å². The molecule has 0 heterocycles. The highest BCUT2D eigenvalue weighted by molar-refractivity contribution is 6.82. The van der Waals surface area contributed by atoms with Crippen molar-refractivity contribution < 1.29 is 38.9 Å². The van der Waals surface area contributed by atoms with Crippen LogP contribution in [0.3, 0.4) is 0 Å². The van der Waals surface area contributed by atoms with Crippen LogP contribution in [0.25, 0.3) is 0 Å². The van der Waals surface area contributed by atoms with Crippen LogP contribution in [-0.4, -0.2) is 47.5 Å². The summed E-state index contributed by atoms with van der Waals surface area (Å²) in [5, 5.41) is 26.3. The first-order chi connectivity index (χ1) is 8.70. The molecule has 0 aromatic rings. The van der Waals surface area contributed by atoms with Crippen molar-refractivity contribution in [3.05, 3.63) is 0 Å². The molecule has 9 heteroatoms. The first-order valence-electron chi connectivity index (χ1n) is 5.58. The number of hydrogen-bond acceptors (Lipinski definition) is 5. The molecule has 0 spiro atoms. The standard InChI is InChI=1S/C10H16O8Si/c1-2-3-10(17)18-19(4-7(11)12,5-8(13)14)6-9(15)16/h2-6H2,1H3,(H,11,12)(H,13,14)(H,15,16). The van der Waals surface area contributed by atoms with Gasteiger partial charge in [-0.05, 0) is 6.42 Å². The maximum absolute atomic E-state index is 11.4. The first-order valence-corrected chi connectivity index (χ1v) is 8.11. The number of aliphatic carboxylic acids is 3. The van der Waals surface area contributed by atoms with Gasteiger partial charge in [0.15, 0.2) is 0 Å². The fourth-order valence-corrected chi connectivity index (χ4v) is 4.45. The van der Waals surface area contributed by atoms with E-state index in [0.29, 0.717) is 6.42 Å². The van der Waals surface area contributed by atoms with Crippen molar-refractivity contribution in [3.63, 3.8) is 0 Å². The summed E-state index contributed by atoms with van der Waals surface area (Å²) in [4.78, 5) is 43.8. The minimum Gasteiger partial charge on any atom is -0.517 e. The molecule has 0 saturated carbocycles. The van der Waals surface area contributed by atoms with E-state index in [1.807, 2.05) is 0 Å². The van der Waals surface area contributed by atoms with Crippen molar-refractivity contribution in [1.82, 2.24) is 0 Å². The van der Waals surface area contributed by atoms with Gasteiger partial charge in [-0.2, -0.15) is 0 Å². The average Bonchev–Trinajstić information content (AvgIpc) is 2.12. The van der Waals surface area contributed by atoms with Gasteiger partial charge in [0.1, 0.15) is 0 Å². The summed E-state index contributed by atoms with van der Waals surface area (Å²) in [5.41, 5.74) is 0. The van der Waals surface area contributed by atoms with Crippen molar-refractivity contribution in [1.29, 1.82) is 0 Å². The zero-order valence-electron chi connectivity index (χ0n) is 10.4. The zero-order valence-corrected chi connectivity index (χ0v) is 11.4. The molecule has 0 unspecified atom stereocenters. The Hall–Kier alpha value is -1.90. The lowest BCUT2D eigenvalue weighted by Gasteiger charge is -2.26. The van der Waals surface area contributed by atoms with E-state index in [-0.39, 0.29) is 6.42 Å². The molecule has 108 valence electrons. The fraction of sp³-hybridized carbons (Fsp3) is 0.600. The number of hydrogen-bond donors (Lipinski definition) is 3. The maximum Gasteiger partial charge on any atom is 0.304 e. The van der Waals surface area contributed by atoms with Gasteiger partial charge < -0.3 is 19.7 Å². The molecule has 19 heavy (non-hydrogen) atoms. The molecule has 0 rings (SSSR count). The molecule has 8 nitrogen and oxygen atoms in total. The average molecular weight is 292 g/mol. The summed E-state index contributed by atoms with van der Waals surface area (Å²) < 4.78 is 4.97. The number of rotatable bonds is 9. The minimum atomic E-state index is -3.73. The van der Waals surface area contributed by atoms with Gasteiger partial charge in [-0.3, -0.25) is 19.2 Å². The Labute approximate surface area is 110 Å². The lowest BCUT2D eigenvalue weighted by Crippen LogP contribution is -2.46. The molecule has 0 aliphatic rings. The number of carboxylic acids is 3. The highest BCUT2D eigenvalue weighted by atomic mass is 28.4. The topological polar surface area (TPSA) is 138 Å². The first kappa shape index (κ1) is 17.1. The van der Waals surface area contributed by atoms with Gasteiger partial charge in [-0.15, -0.1) is 0 Å². The molecule has 0 bridgehead atoms. The zero-order chi connectivity index (χ0) is 15.1. The summed E-state index contributed by atoms with van der Waals surface area (Å²) in [6, 6.07) is -2.21. The summed E-state index contributed by atoms with van der Waals surface area (Å²) in [7, 11) is -3.73. The molecule has 0 saturated heterocycles. The van der Waals surface area contributed by atoms with Crippen LogP contribution in [-0.2, 0) is 23.6 Å². The molecular formula is C10H16O8Si. The summed E-state index contributed by atoms with van der Waals surface area (Å²) >= 11 is 0. The second-order valence-corrected chi connectivity index (χ2v) is 7.75. The highest BCUT2D eigenvalue weighted by Crippen LogP contribution is 2.24. The Kier molecular flexibility index (Phi) is 6.76. The van der Waals surface area contributed by atoms with Crippen LogP contribution in [0.4, 0.5) is 0 Å². The van der Waals surface area contributed by atoms with Gasteiger partial charge in [0, 0.05) is 6.42 Å². The summed E-state index contributed by atoms with van der Waals surface area (Å²) in [6.07, 6.45) is 0.435. The summed E-state index contributed by atoms with van der Waals surface area (Å²) in [5.74, 6) is -4.88. The van der Waals surface area contributed by atoms with Gasteiger partial charge in [0.25, 0.3) is 14.3 Å². The van der Waals surface area contributed by atoms with Crippen molar-refractivity contribution in [3.8, 4) is 0 Å². The van der Waals surface area contributed by atoms with Crippen LogP contribution in [0.1, 0.15) is 19.8 Å². The third-order valence-corrected chi connectivity index (χ3v) is 5.71. The Balaban J connectivity index is 5.20. The third kappa shape index (κ3) is 7.19. The smallest absolute Gasteiger partial charge is 0.304 e. The lowest BCUT2D eigenvalue weighted by molar-refractivity contribution is -0.137. The molecule has 0 aliphatic carbocycles. The van der Waals surface area contributed by atoms with Crippen molar-refractivity contribution >= 4 is 32.2 Å². The minimum absolute atomic E-state index is 0.00634. The Bertz CT molecular complexity index is 337. The van der Waals surface area contributed by atoms with Crippen molar-refractivity contribution in [2.75, 3.05) is 0 Å². The van der Waals surface area contributed by atoms with Crippen molar-refractivity contribution in [2.45, 2.75) is 37.9 Å². The van der Waals surface area contributed by atoms with Gasteiger partial charge in [0.05, 0.1) is 18.1 Å². The van der Waals surface area contributed by atoms with E-state index in [1.165, 1.54) is 0 Å². The van der Waals surface area contributed by atoms with Crippen LogP contribution in [0.15, 0.2) is 0 Å². The van der Waals surface area contributed by atoms with Crippen LogP contribution in [0.5, 0.6) is 0 Å². The van der Waals surface area contributed by atoms with Crippen LogP contribution < -0.4 is 0 Å². The summed E-state index contributed by atoms with van der Waals surface area (Å²) in [6.45, 7) is 1.69. The molecule has 0 atom stereocenters. The molecule has 0 amide bonds. The second-order valence-electron chi connectivity index (χ2n) is 4.12. The molecule has 0 aromatic carbocycles. The van der Waals surface area contributed by atoms with E-state index in [1.54, 1.807) is 6.92 Å². The highest BCUT2D eigenvalue weighted by Gasteiger charge is 2.45. The van der Waals surface area contributed by atoms with E-state index >= 15 is 0 Å². The number of carboxylic acid groups (broad SMARTS) is 3. The predicted molar refractivity (Wildman–Crippen MR) is 64.1 cm³/mol. The molecule has 3 N–H and O–H groups in total. The largest absolute Gasteiger partial charge is 0.517 e. The van der Waals surface area contributed by atoms with Crippen LogP contribution in [0, 0.1) is 0 Å². The quantitative estimate of drug-likeness (QED) is 0.523. The predicted octanol–water partition coefficient (Wildman–Crippen LogP) is 0.529. The van der Waals surface area contributed by atoms with Crippen LogP contribution in [0.2, 0.25) is 18.1 Å². The Morgan fingerprint density at radius 1 is 0.895 bits per heavy atom. The van der Waals surface area contributed by atoms with Gasteiger partial charge in [-0.25, -0.2) is 0 Å². The van der Waals surface area contributed by atoms with Crippen LogP contribution >= 0.6 is 0 Å². The number of carbonyl (C=O) groups is 4. The molecule has 0 aliphatic heterocycles. The van der Waals surface area contributed by atoms with E-state index in [4.69, 9.17) is 19.7 Å². The molecule has 0 fully saturated rings. The second kappa shape index (κ2) is 7.51. The van der Waals surface area contributed by atoms with Gasteiger partial charge >= 0.3 is 17.9 Å². The monoisotopic (exact) mass is 292 g/mol. The normalized spacial score (nSPS) is 10.8. The van der Waals surface area contributed by atoms with Crippen molar-refractivity contribution in [2.24, 2.45) is 0 Å². The lowest BCUT2D eigenvalue weighted by atomic mass is 10.4. The Morgan fingerprint density at radius 2 is 1.26 bits per heavy atom. The van der Waals surface area contributed by atoms with Gasteiger partial charge in [0.2, 0.25) is 0 Å². The van der Waals surface area contributed by atoms with Gasteiger partial charge in [-0.1, -0.05) is 6.92 Å². The van der Waals surface area contributed by atoms with E-state index in [2.05, 4.69) is 0 Å². The van der Waals surface area contributed by atoms with E-state index in [9.17, 15) is 19.2 Å². The fourth-order valence-electron chi connectivity index (χ4n) is 1.62.